The Morgan fingerprint density at radius 2 is 1.52 bits per heavy atom. The van der Waals surface area contributed by atoms with E-state index in [2.05, 4.69) is 0 Å². The molecule has 0 aromatic rings. The lowest BCUT2D eigenvalue weighted by molar-refractivity contribution is -0.213. The summed E-state index contributed by atoms with van der Waals surface area (Å²) in [4.78, 5) is 33.7. The van der Waals surface area contributed by atoms with Gasteiger partial charge in [0.05, 0.1) is 6.61 Å². The number of thioether (sulfide) groups is 1. The zero-order valence-corrected chi connectivity index (χ0v) is 15.3. The molecule has 1 aliphatic heterocycles. The normalized spacial score (nSPS) is 26.4. The second-order valence-electron chi connectivity index (χ2n) is 4.48. The molecule has 0 amide bonds. The van der Waals surface area contributed by atoms with Crippen molar-refractivity contribution in [1.29, 1.82) is 5.41 Å². The maximum atomic E-state index is 11.3. The molecule has 0 radical (unpaired) electrons. The van der Waals surface area contributed by atoms with Crippen molar-refractivity contribution < 1.29 is 33.3 Å². The van der Waals surface area contributed by atoms with Crippen LogP contribution in [0.25, 0.3) is 0 Å². The third-order valence-electron chi connectivity index (χ3n) is 2.55. The molecule has 4 unspecified atom stereocenters. The quantitative estimate of drug-likeness (QED) is 0.288. The lowest BCUT2D eigenvalue weighted by Gasteiger charge is -2.39. The van der Waals surface area contributed by atoms with Gasteiger partial charge in [-0.25, -0.2) is 0 Å². The summed E-state index contributed by atoms with van der Waals surface area (Å²) in [6.45, 7) is 3.47. The molecule has 0 bridgehead atoms. The minimum atomic E-state index is -1.06. The minimum absolute atomic E-state index is 0. The first-order chi connectivity index (χ1) is 10.2. The number of carbonyl (C=O) groups excluding carboxylic acids is 3. The van der Waals surface area contributed by atoms with Crippen molar-refractivity contribution in [3.05, 3.63) is 0 Å². The Bertz CT molecular complexity index is 434. The van der Waals surface area contributed by atoms with E-state index >= 15 is 0 Å². The van der Waals surface area contributed by atoms with Crippen LogP contribution >= 0.6 is 28.7 Å². The molecule has 0 aromatic carbocycles. The third kappa shape index (κ3) is 7.18. The van der Waals surface area contributed by atoms with Gasteiger partial charge in [0.1, 0.15) is 0 Å². The van der Waals surface area contributed by atoms with Crippen molar-refractivity contribution in [3.8, 4) is 0 Å². The second kappa shape index (κ2) is 9.73. The summed E-state index contributed by atoms with van der Waals surface area (Å²) >= 11 is 0.807. The van der Waals surface area contributed by atoms with Crippen LogP contribution in [-0.2, 0) is 33.3 Å². The molecule has 3 N–H and O–H groups in total. The number of hydrogen-bond acceptors (Lipinski definition) is 9. The second-order valence-corrected chi connectivity index (χ2v) is 5.62. The van der Waals surface area contributed by atoms with Gasteiger partial charge < -0.3 is 24.7 Å². The van der Waals surface area contributed by atoms with Crippen LogP contribution in [0.1, 0.15) is 20.8 Å². The summed E-state index contributed by atoms with van der Waals surface area (Å²) < 4.78 is 20.7. The van der Waals surface area contributed by atoms with E-state index in [4.69, 9.17) is 30.1 Å². The smallest absolute Gasteiger partial charge is 0.303 e. The molecule has 1 aliphatic rings. The molecule has 0 aliphatic carbocycles. The maximum absolute atomic E-state index is 11.3. The highest BCUT2D eigenvalue weighted by Crippen LogP contribution is 2.30. The van der Waals surface area contributed by atoms with Crippen molar-refractivity contribution >= 4 is 51.8 Å². The zero-order valence-electron chi connectivity index (χ0n) is 12.8. The van der Waals surface area contributed by atoms with Gasteiger partial charge >= 0.3 is 17.9 Å². The Morgan fingerprint density at radius 1 is 1.04 bits per heavy atom. The van der Waals surface area contributed by atoms with E-state index in [1.807, 2.05) is 0 Å². The fraction of sp³-hybridized carbons (Fsp3) is 0.667. The van der Waals surface area contributed by atoms with Gasteiger partial charge in [-0.05, 0) is 0 Å². The average Bonchev–Trinajstić information content (AvgIpc) is 2.34. The topological polar surface area (TPSA) is 138 Å². The van der Waals surface area contributed by atoms with E-state index in [9.17, 15) is 14.4 Å². The van der Waals surface area contributed by atoms with E-state index < -0.39 is 41.7 Å². The molecule has 1 fully saturated rings. The van der Waals surface area contributed by atoms with Crippen molar-refractivity contribution in [2.24, 2.45) is 5.73 Å². The lowest BCUT2D eigenvalue weighted by atomic mass is 10.1. The highest BCUT2D eigenvalue weighted by atomic mass is 79.9. The maximum Gasteiger partial charge on any atom is 0.303 e. The molecule has 11 heteroatoms. The van der Waals surface area contributed by atoms with E-state index in [1.54, 1.807) is 0 Å². The summed E-state index contributed by atoms with van der Waals surface area (Å²) in [5.41, 5.74) is 4.46. The van der Waals surface area contributed by atoms with Crippen LogP contribution < -0.4 is 5.73 Å². The van der Waals surface area contributed by atoms with Crippen LogP contribution in [-0.4, -0.2) is 53.4 Å². The Labute approximate surface area is 147 Å². The molecule has 4 atom stereocenters. The monoisotopic (exact) mass is 414 g/mol. The molecular formula is C12H19BrN2O7S. The van der Waals surface area contributed by atoms with Crippen LogP contribution in [0.2, 0.25) is 0 Å². The van der Waals surface area contributed by atoms with Crippen molar-refractivity contribution in [3.63, 3.8) is 0 Å². The van der Waals surface area contributed by atoms with Gasteiger partial charge in [-0.3, -0.25) is 19.8 Å². The van der Waals surface area contributed by atoms with Gasteiger partial charge in [0.25, 0.3) is 0 Å². The van der Waals surface area contributed by atoms with Gasteiger partial charge in [-0.1, -0.05) is 11.8 Å². The van der Waals surface area contributed by atoms with E-state index in [0.717, 1.165) is 11.8 Å². The van der Waals surface area contributed by atoms with E-state index in [1.165, 1.54) is 20.8 Å². The van der Waals surface area contributed by atoms with Crippen molar-refractivity contribution in [1.82, 2.24) is 0 Å². The number of halogens is 1. The predicted molar refractivity (Wildman–Crippen MR) is 86.2 cm³/mol. The van der Waals surface area contributed by atoms with E-state index in [0.29, 0.717) is 0 Å². The SMILES string of the molecule is Br.CC(=O)OC1COC(SC(=N)N)C(OC(C)=O)C1OC(C)=O. The van der Waals surface area contributed by atoms with E-state index in [-0.39, 0.29) is 28.8 Å². The first-order valence-electron chi connectivity index (χ1n) is 6.34. The largest absolute Gasteiger partial charge is 0.456 e. The number of ether oxygens (including phenoxy) is 4. The molecular weight excluding hydrogens is 396 g/mol. The van der Waals surface area contributed by atoms with Gasteiger partial charge in [-0.2, -0.15) is 0 Å². The van der Waals surface area contributed by atoms with Gasteiger partial charge in [0.2, 0.25) is 0 Å². The Hall–Kier alpha value is -1.33. The standard InChI is InChI=1S/C12H18N2O7S.BrH/c1-5(15)19-8-4-18-11(22-12(13)14)10(21-7(3)17)9(8)20-6(2)16;/h8-11H,4H2,1-3H3,(H3,13,14);1H. The molecule has 1 heterocycles. The van der Waals surface area contributed by atoms with Crippen LogP contribution in [0.5, 0.6) is 0 Å². The highest BCUT2D eigenvalue weighted by molar-refractivity contribution is 8.93. The summed E-state index contributed by atoms with van der Waals surface area (Å²) in [5.74, 6) is -1.86. The van der Waals surface area contributed by atoms with Crippen LogP contribution in [0.3, 0.4) is 0 Å². The number of carbonyl (C=O) groups is 3. The Morgan fingerprint density at radius 3 is 1.96 bits per heavy atom. The van der Waals surface area contributed by atoms with Crippen LogP contribution in [0.4, 0.5) is 0 Å². The fourth-order valence-electron chi connectivity index (χ4n) is 1.94. The molecule has 0 saturated carbocycles. The number of rotatable bonds is 4. The summed E-state index contributed by atoms with van der Waals surface area (Å²) in [6, 6.07) is 0. The number of hydrogen-bond donors (Lipinski definition) is 2. The number of esters is 3. The van der Waals surface area contributed by atoms with Gasteiger partial charge in [0, 0.05) is 20.8 Å². The molecule has 9 nitrogen and oxygen atoms in total. The molecule has 1 saturated heterocycles. The summed E-state index contributed by atoms with van der Waals surface area (Å²) in [5, 5.41) is 7.05. The highest BCUT2D eigenvalue weighted by Gasteiger charge is 2.47. The minimum Gasteiger partial charge on any atom is -0.456 e. The average molecular weight is 415 g/mol. The third-order valence-corrected chi connectivity index (χ3v) is 3.44. The summed E-state index contributed by atoms with van der Waals surface area (Å²) in [6.07, 6.45) is -3.03. The molecule has 23 heavy (non-hydrogen) atoms. The Balaban J connectivity index is 0.00000484. The van der Waals surface area contributed by atoms with Crippen LogP contribution in [0.15, 0.2) is 0 Å². The molecule has 0 spiro atoms. The number of nitrogens with two attached hydrogens (primary N) is 1. The summed E-state index contributed by atoms with van der Waals surface area (Å²) in [7, 11) is 0. The first kappa shape index (κ1) is 21.7. The number of amidine groups is 1. The molecule has 0 aromatic heterocycles. The molecule has 1 rings (SSSR count). The predicted octanol–water partition coefficient (Wildman–Crippen LogP) is 0.342. The fourth-order valence-corrected chi connectivity index (χ4v) is 2.68. The lowest BCUT2D eigenvalue weighted by Crippen LogP contribution is -2.56. The molecule has 132 valence electrons. The first-order valence-corrected chi connectivity index (χ1v) is 7.22. The number of nitrogens with one attached hydrogen (secondary N) is 1. The van der Waals surface area contributed by atoms with Crippen molar-refractivity contribution in [2.45, 2.75) is 44.5 Å². The van der Waals surface area contributed by atoms with Gasteiger partial charge in [0.15, 0.2) is 28.9 Å². The zero-order chi connectivity index (χ0) is 16.9. The van der Waals surface area contributed by atoms with Gasteiger partial charge in [-0.15, -0.1) is 17.0 Å². The van der Waals surface area contributed by atoms with Crippen LogP contribution in [0, 0.1) is 5.41 Å². The Kier molecular flexibility index (Phi) is 9.17. The van der Waals surface area contributed by atoms with Crippen molar-refractivity contribution in [2.75, 3.05) is 6.61 Å².